The van der Waals surface area contributed by atoms with E-state index in [2.05, 4.69) is 124 Å². The van der Waals surface area contributed by atoms with Gasteiger partial charge in [0.15, 0.2) is 0 Å². The van der Waals surface area contributed by atoms with Gasteiger partial charge >= 0.3 is 7.12 Å². The van der Waals surface area contributed by atoms with Gasteiger partial charge in [0, 0.05) is 16.2 Å². The molecule has 0 aromatic heterocycles. The Labute approximate surface area is 263 Å². The Kier molecular flexibility index (Phi) is 6.54. The molecule has 1 aliphatic heterocycles. The van der Waals surface area contributed by atoms with E-state index in [4.69, 9.17) is 14.6 Å². The van der Waals surface area contributed by atoms with E-state index in [1.807, 2.05) is 24.3 Å². The number of allylic oxidation sites excluding steroid dienone is 10. The van der Waals surface area contributed by atoms with E-state index in [0.29, 0.717) is 5.56 Å². The average Bonchev–Trinajstić information content (AvgIpc) is 3.33. The Morgan fingerprint density at radius 3 is 1.61 bits per heavy atom. The van der Waals surface area contributed by atoms with Crippen LogP contribution in [0.5, 0.6) is 0 Å². The zero-order valence-corrected chi connectivity index (χ0v) is 27.6. The third kappa shape index (κ3) is 4.41. The third-order valence-corrected chi connectivity index (χ3v) is 10.4. The summed E-state index contributed by atoms with van der Waals surface area (Å²) < 4.78 is 13.0. The van der Waals surface area contributed by atoms with E-state index in [9.17, 15) is 5.26 Å². The van der Waals surface area contributed by atoms with Gasteiger partial charge in [0.1, 0.15) is 6.07 Å². The van der Waals surface area contributed by atoms with Gasteiger partial charge in [-0.05, 0) is 89.9 Å². The van der Waals surface area contributed by atoms with E-state index >= 15 is 0 Å². The lowest BCUT2D eigenvalue weighted by atomic mass is 9.63. The molecule has 1 heterocycles. The van der Waals surface area contributed by atoms with Crippen molar-refractivity contribution in [2.45, 2.75) is 80.4 Å². The van der Waals surface area contributed by atoms with Crippen molar-refractivity contribution in [3.05, 3.63) is 111 Å². The van der Waals surface area contributed by atoms with E-state index in [0.717, 1.165) is 38.9 Å². The molecule has 2 aromatic rings. The van der Waals surface area contributed by atoms with Crippen LogP contribution < -0.4 is 0 Å². The maximum absolute atomic E-state index is 10.8. The predicted molar refractivity (Wildman–Crippen MR) is 178 cm³/mol. The van der Waals surface area contributed by atoms with E-state index < -0.39 is 23.7 Å². The van der Waals surface area contributed by atoms with Gasteiger partial charge in [0.05, 0.1) is 28.4 Å². The minimum absolute atomic E-state index is 0.288. The molecule has 5 heteroatoms. The van der Waals surface area contributed by atoms with Crippen molar-refractivity contribution in [3.63, 3.8) is 0 Å². The first-order chi connectivity index (χ1) is 20.4. The number of nitriles is 2. The van der Waals surface area contributed by atoms with Crippen molar-refractivity contribution >= 4 is 12.7 Å². The lowest BCUT2D eigenvalue weighted by Crippen LogP contribution is -2.41. The molecule has 4 nitrogen and oxygen atoms in total. The monoisotopic (exact) mass is 580 g/mol. The van der Waals surface area contributed by atoms with Crippen molar-refractivity contribution in [2.24, 2.45) is 16.2 Å². The predicted octanol–water partition coefficient (Wildman–Crippen LogP) is 9.33. The van der Waals surface area contributed by atoms with Crippen LogP contribution in [0.2, 0.25) is 0 Å². The second-order valence-electron chi connectivity index (χ2n) is 15.3. The Bertz CT molecular complexity index is 1810. The number of nitrogens with zero attached hydrogens (tertiary/aromatic N) is 2. The van der Waals surface area contributed by atoms with Gasteiger partial charge < -0.3 is 9.31 Å². The fraction of sp³-hybridized carbons (Fsp3) is 0.385. The molecule has 1 saturated heterocycles. The molecule has 0 saturated carbocycles. The fourth-order valence-corrected chi connectivity index (χ4v) is 7.40. The van der Waals surface area contributed by atoms with Crippen molar-refractivity contribution in [1.82, 2.24) is 0 Å². The summed E-state index contributed by atoms with van der Waals surface area (Å²) in [5, 5.41) is 19.9. The first-order valence-electron chi connectivity index (χ1n) is 15.5. The van der Waals surface area contributed by atoms with Crippen LogP contribution in [0, 0.1) is 38.9 Å². The highest BCUT2D eigenvalue weighted by Gasteiger charge is 2.56. The number of benzene rings is 2. The third-order valence-electron chi connectivity index (χ3n) is 10.4. The van der Waals surface area contributed by atoms with E-state index in [1.54, 1.807) is 0 Å². The van der Waals surface area contributed by atoms with E-state index in [1.165, 1.54) is 16.7 Å². The second kappa shape index (κ2) is 9.55. The van der Waals surface area contributed by atoms with Crippen LogP contribution in [0.1, 0.15) is 80.4 Å². The fourth-order valence-electron chi connectivity index (χ4n) is 7.40. The van der Waals surface area contributed by atoms with Crippen LogP contribution in [0.4, 0.5) is 0 Å². The Morgan fingerprint density at radius 2 is 1.09 bits per heavy atom. The Hall–Kier alpha value is -3.90. The largest absolute Gasteiger partial charge is 0.494 e. The van der Waals surface area contributed by atoms with Crippen molar-refractivity contribution in [1.29, 1.82) is 10.5 Å². The summed E-state index contributed by atoms with van der Waals surface area (Å²) in [4.78, 5) is 0. The summed E-state index contributed by atoms with van der Waals surface area (Å²) in [5.41, 5.74) is 9.67. The van der Waals surface area contributed by atoms with Crippen molar-refractivity contribution in [3.8, 4) is 23.3 Å². The number of rotatable bonds is 3. The molecule has 6 rings (SSSR count). The van der Waals surface area contributed by atoms with Gasteiger partial charge in [0.25, 0.3) is 0 Å². The highest BCUT2D eigenvalue weighted by molar-refractivity contribution is 6.55. The van der Waals surface area contributed by atoms with Crippen LogP contribution in [-0.2, 0) is 9.31 Å². The zero-order valence-electron chi connectivity index (χ0n) is 27.6. The molecule has 222 valence electrons. The molecule has 0 bridgehead atoms. The lowest BCUT2D eigenvalue weighted by Gasteiger charge is -2.36. The summed E-state index contributed by atoms with van der Waals surface area (Å²) in [6.45, 7) is 22.0. The van der Waals surface area contributed by atoms with Crippen LogP contribution in [0.3, 0.4) is 0 Å². The summed E-state index contributed by atoms with van der Waals surface area (Å²) in [7, 11) is -0.447. The normalized spacial score (nSPS) is 23.6. The Morgan fingerprint density at radius 1 is 0.591 bits per heavy atom. The van der Waals surface area contributed by atoms with Crippen LogP contribution in [0.25, 0.3) is 16.7 Å². The highest BCUT2D eigenvalue weighted by Crippen LogP contribution is 2.65. The maximum atomic E-state index is 10.8. The molecule has 44 heavy (non-hydrogen) atoms. The second-order valence-corrected chi connectivity index (χ2v) is 15.3. The van der Waals surface area contributed by atoms with Gasteiger partial charge in [-0.1, -0.05) is 96.2 Å². The van der Waals surface area contributed by atoms with E-state index in [-0.39, 0.29) is 10.8 Å². The molecule has 0 radical (unpaired) electrons. The SMILES string of the molecule is CC1(C)C=C(B2OC(C)(C)C(C)(C)O2)C=C2C1=C1C(=C(C#N)C(c3ccc(-c4ccc(C#N)cc4)cc3)=CC1(C)C)C2(C)C. The topological polar surface area (TPSA) is 66.0 Å². The number of hydrogen-bond acceptors (Lipinski definition) is 4. The van der Waals surface area contributed by atoms with Crippen molar-refractivity contribution in [2.75, 3.05) is 0 Å². The molecular weight excluding hydrogens is 539 g/mol. The molecule has 2 aromatic carbocycles. The minimum Gasteiger partial charge on any atom is -0.399 e. The summed E-state index contributed by atoms with van der Waals surface area (Å²) in [6, 6.07) is 20.9. The maximum Gasteiger partial charge on any atom is 0.494 e. The molecule has 4 aliphatic rings. The molecule has 0 N–H and O–H groups in total. The molecule has 0 amide bonds. The summed E-state index contributed by atoms with van der Waals surface area (Å²) in [5.74, 6) is 0. The van der Waals surface area contributed by atoms with Gasteiger partial charge in [0.2, 0.25) is 0 Å². The first-order valence-corrected chi connectivity index (χ1v) is 15.5. The number of hydrogen-bond donors (Lipinski definition) is 0. The number of fused-ring (bicyclic) bond motifs is 2. The molecule has 0 spiro atoms. The average molecular weight is 581 g/mol. The molecule has 1 fully saturated rings. The first kappa shape index (κ1) is 30.1. The van der Waals surface area contributed by atoms with Crippen LogP contribution >= 0.6 is 0 Å². The molecular formula is C39H41BN2O2. The van der Waals surface area contributed by atoms with Crippen LogP contribution in [0.15, 0.2) is 100 Å². The minimum atomic E-state index is -0.447. The molecule has 0 atom stereocenters. The van der Waals surface area contributed by atoms with Gasteiger partial charge in [-0.2, -0.15) is 10.5 Å². The van der Waals surface area contributed by atoms with Gasteiger partial charge in [-0.3, -0.25) is 0 Å². The molecule has 3 aliphatic carbocycles. The lowest BCUT2D eigenvalue weighted by molar-refractivity contribution is 0.00578. The molecule has 0 unspecified atom stereocenters. The summed E-state index contributed by atoms with van der Waals surface area (Å²) in [6.07, 6.45) is 6.87. The quantitative estimate of drug-likeness (QED) is 0.339. The highest BCUT2D eigenvalue weighted by atomic mass is 16.7. The van der Waals surface area contributed by atoms with Crippen molar-refractivity contribution < 1.29 is 9.31 Å². The summed E-state index contributed by atoms with van der Waals surface area (Å²) >= 11 is 0. The van der Waals surface area contributed by atoms with Crippen LogP contribution in [-0.4, -0.2) is 18.3 Å². The zero-order chi connectivity index (χ0) is 32.0. The standard InChI is InChI=1S/C39H41BN2O2/c1-35(2)20-28(40-43-38(7,8)39(9,10)44-40)19-31-33(35)34-32(37(31,5)6)30(23-42)29(21-36(34,3)4)27-17-15-26(16-18-27)25-13-11-24(22-41)12-14-25/h11-21H,1-10H3. The van der Waals surface area contributed by atoms with Gasteiger partial charge in [-0.15, -0.1) is 0 Å². The smallest absolute Gasteiger partial charge is 0.399 e. The van der Waals surface area contributed by atoms with Gasteiger partial charge in [-0.25, -0.2) is 0 Å². The Balaban J connectivity index is 1.46.